The Balaban J connectivity index is 2.13. The molecule has 1 amide bonds. The predicted molar refractivity (Wildman–Crippen MR) is 95.6 cm³/mol. The average Bonchev–Trinajstić information content (AvgIpc) is 2.46. The second-order valence-corrected chi connectivity index (χ2v) is 7.45. The summed E-state index contributed by atoms with van der Waals surface area (Å²) in [5.74, 6) is 0.0833. The van der Waals surface area contributed by atoms with E-state index in [1.54, 1.807) is 12.1 Å². The fourth-order valence-corrected chi connectivity index (χ4v) is 2.32. The molecule has 0 saturated heterocycles. The van der Waals surface area contributed by atoms with E-state index < -0.39 is 9.70 Å². The molecule has 0 radical (unpaired) electrons. The molecule has 0 bridgehead atoms. The van der Waals surface area contributed by atoms with Gasteiger partial charge in [0.15, 0.2) is 0 Å². The first kappa shape index (κ1) is 17.9. The van der Waals surface area contributed by atoms with Crippen molar-refractivity contribution in [3.8, 4) is 5.75 Å². The monoisotopic (exact) mass is 371 g/mol. The Kier molecular flexibility index (Phi) is 5.79. The van der Waals surface area contributed by atoms with E-state index in [9.17, 15) is 4.79 Å². The van der Waals surface area contributed by atoms with Gasteiger partial charge in [-0.3, -0.25) is 4.79 Å². The van der Waals surface area contributed by atoms with Crippen LogP contribution in [0.4, 0.5) is 5.69 Å². The molecule has 0 aliphatic carbocycles. The van der Waals surface area contributed by atoms with Gasteiger partial charge >= 0.3 is 0 Å². The number of carbonyl (C=O) groups excluding carboxylic acids is 1. The second kappa shape index (κ2) is 7.43. The van der Waals surface area contributed by atoms with Gasteiger partial charge < -0.3 is 10.1 Å². The van der Waals surface area contributed by atoms with Gasteiger partial charge in [-0.25, -0.2) is 0 Å². The lowest BCUT2D eigenvalue weighted by Gasteiger charge is -2.16. The Labute approximate surface area is 150 Å². The van der Waals surface area contributed by atoms with Gasteiger partial charge in [0.2, 0.25) is 0 Å². The van der Waals surface area contributed by atoms with Crippen molar-refractivity contribution < 1.29 is 9.53 Å². The molecule has 1 N–H and O–H groups in total. The van der Waals surface area contributed by atoms with Crippen LogP contribution in [-0.4, -0.2) is 9.70 Å². The van der Waals surface area contributed by atoms with Crippen molar-refractivity contribution in [2.45, 2.75) is 24.2 Å². The van der Waals surface area contributed by atoms with Crippen LogP contribution in [0.1, 0.15) is 16.7 Å². The molecule has 0 saturated carbocycles. The number of benzene rings is 2. The molecular weight excluding hydrogens is 357 g/mol. The van der Waals surface area contributed by atoms with Gasteiger partial charge in [-0.1, -0.05) is 65.1 Å². The van der Waals surface area contributed by atoms with Crippen LogP contribution in [0.5, 0.6) is 5.75 Å². The molecule has 0 fully saturated rings. The van der Waals surface area contributed by atoms with E-state index in [0.29, 0.717) is 12.3 Å². The minimum atomic E-state index is -2.00. The number of amides is 1. The summed E-state index contributed by atoms with van der Waals surface area (Å²) in [6.45, 7) is 4.28. The van der Waals surface area contributed by atoms with E-state index >= 15 is 0 Å². The molecule has 0 heterocycles. The quantitative estimate of drug-likeness (QED) is 0.750. The zero-order chi connectivity index (χ0) is 17.0. The number of aryl methyl sites for hydroxylation is 2. The Morgan fingerprint density at radius 1 is 1.09 bits per heavy atom. The third-order valence-corrected chi connectivity index (χ3v) is 3.72. The molecule has 0 aromatic heterocycles. The summed E-state index contributed by atoms with van der Waals surface area (Å²) in [5, 5.41) is 2.57. The van der Waals surface area contributed by atoms with Crippen LogP contribution in [0.15, 0.2) is 42.5 Å². The molecule has 0 spiro atoms. The van der Waals surface area contributed by atoms with Crippen LogP contribution >= 0.6 is 34.8 Å². The number of halogens is 3. The number of carbonyl (C=O) groups is 1. The zero-order valence-corrected chi connectivity index (χ0v) is 15.0. The van der Waals surface area contributed by atoms with Crippen molar-refractivity contribution >= 4 is 46.4 Å². The summed E-state index contributed by atoms with van der Waals surface area (Å²) in [6, 6.07) is 13.5. The van der Waals surface area contributed by atoms with Crippen LogP contribution in [0.3, 0.4) is 0 Å². The highest BCUT2D eigenvalue weighted by Gasteiger charge is 2.30. The molecule has 0 unspecified atom stereocenters. The first-order valence-electron chi connectivity index (χ1n) is 6.93. The molecule has 0 aliphatic rings. The van der Waals surface area contributed by atoms with Crippen molar-refractivity contribution in [2.75, 3.05) is 5.32 Å². The van der Waals surface area contributed by atoms with Gasteiger partial charge in [0.05, 0.1) is 0 Å². The van der Waals surface area contributed by atoms with Crippen LogP contribution in [-0.2, 0) is 11.4 Å². The largest absolute Gasteiger partial charge is 0.488 e. The van der Waals surface area contributed by atoms with Crippen molar-refractivity contribution in [2.24, 2.45) is 0 Å². The Morgan fingerprint density at radius 3 is 2.17 bits per heavy atom. The first-order chi connectivity index (χ1) is 10.8. The van der Waals surface area contributed by atoms with Gasteiger partial charge in [0.25, 0.3) is 9.70 Å². The number of alkyl halides is 3. The SMILES string of the molecule is Cc1cc(NC(=O)C(Cl)(Cl)Cl)cc(C)c1OCc1ccccc1. The summed E-state index contributed by atoms with van der Waals surface area (Å²) >= 11 is 16.7. The molecular formula is C17H16Cl3NO2. The molecule has 2 aromatic rings. The van der Waals surface area contributed by atoms with Gasteiger partial charge in [-0.15, -0.1) is 0 Å². The van der Waals surface area contributed by atoms with Gasteiger partial charge in [0, 0.05) is 5.69 Å². The van der Waals surface area contributed by atoms with E-state index in [-0.39, 0.29) is 0 Å². The maximum absolute atomic E-state index is 11.7. The third kappa shape index (κ3) is 5.03. The van der Waals surface area contributed by atoms with Crippen LogP contribution in [0, 0.1) is 13.8 Å². The highest BCUT2D eigenvalue weighted by Crippen LogP contribution is 2.31. The second-order valence-electron chi connectivity index (χ2n) is 5.17. The number of ether oxygens (including phenoxy) is 1. The molecule has 0 aliphatic heterocycles. The molecule has 23 heavy (non-hydrogen) atoms. The van der Waals surface area contributed by atoms with Crippen LogP contribution in [0.2, 0.25) is 0 Å². The Morgan fingerprint density at radius 2 is 1.65 bits per heavy atom. The number of anilines is 1. The standard InChI is InChI=1S/C17H16Cl3NO2/c1-11-8-14(21-16(22)17(18,19)20)9-12(2)15(11)23-10-13-6-4-3-5-7-13/h3-9H,10H2,1-2H3,(H,21,22). The smallest absolute Gasteiger partial charge is 0.276 e. The average molecular weight is 373 g/mol. The van der Waals surface area contributed by atoms with E-state index in [0.717, 1.165) is 22.4 Å². The van der Waals surface area contributed by atoms with E-state index in [4.69, 9.17) is 39.5 Å². The molecule has 2 aromatic carbocycles. The number of nitrogens with one attached hydrogen (secondary N) is 1. The normalized spacial score (nSPS) is 11.2. The topological polar surface area (TPSA) is 38.3 Å². The van der Waals surface area contributed by atoms with Crippen molar-refractivity contribution in [1.82, 2.24) is 0 Å². The predicted octanol–water partition coefficient (Wildman–Crippen LogP) is 5.19. The summed E-state index contributed by atoms with van der Waals surface area (Å²) in [5.41, 5.74) is 3.42. The van der Waals surface area contributed by atoms with Gasteiger partial charge in [-0.2, -0.15) is 0 Å². The van der Waals surface area contributed by atoms with E-state index in [1.165, 1.54) is 0 Å². The van der Waals surface area contributed by atoms with E-state index in [1.807, 2.05) is 44.2 Å². The highest BCUT2D eigenvalue weighted by molar-refractivity contribution is 6.76. The van der Waals surface area contributed by atoms with Crippen LogP contribution in [0.25, 0.3) is 0 Å². The fourth-order valence-electron chi connectivity index (χ4n) is 2.18. The summed E-state index contributed by atoms with van der Waals surface area (Å²) < 4.78 is 3.89. The van der Waals surface area contributed by atoms with Crippen molar-refractivity contribution in [3.05, 3.63) is 59.2 Å². The maximum Gasteiger partial charge on any atom is 0.276 e. The lowest BCUT2D eigenvalue weighted by molar-refractivity contribution is -0.115. The Hall–Kier alpha value is -1.42. The number of hydrogen-bond acceptors (Lipinski definition) is 2. The lowest BCUT2D eigenvalue weighted by Crippen LogP contribution is -2.27. The number of rotatable bonds is 4. The highest BCUT2D eigenvalue weighted by atomic mass is 35.6. The van der Waals surface area contributed by atoms with Crippen molar-refractivity contribution in [3.63, 3.8) is 0 Å². The summed E-state index contributed by atoms with van der Waals surface area (Å²) in [6.07, 6.45) is 0. The van der Waals surface area contributed by atoms with Crippen molar-refractivity contribution in [1.29, 1.82) is 0 Å². The Bertz CT molecular complexity index is 674. The third-order valence-electron chi connectivity index (χ3n) is 3.20. The molecule has 6 heteroatoms. The minimum Gasteiger partial charge on any atom is -0.488 e. The maximum atomic E-state index is 11.7. The summed E-state index contributed by atoms with van der Waals surface area (Å²) in [7, 11) is 0. The fraction of sp³-hybridized carbons (Fsp3) is 0.235. The minimum absolute atomic E-state index is 0.475. The van der Waals surface area contributed by atoms with E-state index in [2.05, 4.69) is 5.32 Å². The molecule has 2 rings (SSSR count). The molecule has 3 nitrogen and oxygen atoms in total. The van der Waals surface area contributed by atoms with Gasteiger partial charge in [0.1, 0.15) is 12.4 Å². The molecule has 0 atom stereocenters. The lowest BCUT2D eigenvalue weighted by atomic mass is 10.1. The summed E-state index contributed by atoms with van der Waals surface area (Å²) in [4.78, 5) is 11.7. The first-order valence-corrected chi connectivity index (χ1v) is 8.07. The number of hydrogen-bond donors (Lipinski definition) is 1. The van der Waals surface area contributed by atoms with Crippen LogP contribution < -0.4 is 10.1 Å². The molecule has 122 valence electrons. The zero-order valence-electron chi connectivity index (χ0n) is 12.7. The van der Waals surface area contributed by atoms with Gasteiger partial charge in [-0.05, 0) is 42.7 Å².